The van der Waals surface area contributed by atoms with Crippen molar-refractivity contribution >= 4 is 17.5 Å². The molecule has 2 N–H and O–H groups in total. The molecule has 0 aliphatic heterocycles. The van der Waals surface area contributed by atoms with Gasteiger partial charge in [0.2, 0.25) is 0 Å². The van der Waals surface area contributed by atoms with E-state index in [0.717, 1.165) is 12.4 Å². The predicted octanol–water partition coefficient (Wildman–Crippen LogP) is 2.34. The lowest BCUT2D eigenvalue weighted by Gasteiger charge is -2.07. The summed E-state index contributed by atoms with van der Waals surface area (Å²) in [6, 6.07) is 1.10. The van der Waals surface area contributed by atoms with E-state index in [1.54, 1.807) is 0 Å². The molecule has 0 radical (unpaired) electrons. The van der Waals surface area contributed by atoms with E-state index < -0.39 is 29.1 Å². The molecule has 0 aliphatic carbocycles. The molecule has 1 aromatic carbocycles. The highest BCUT2D eigenvalue weighted by atomic mass is 19.2. The first-order valence-electron chi connectivity index (χ1n) is 4.94. The molecule has 0 saturated heterocycles. The van der Waals surface area contributed by atoms with Gasteiger partial charge in [-0.25, -0.2) is 22.9 Å². The van der Waals surface area contributed by atoms with E-state index >= 15 is 0 Å². The average molecular weight is 269 g/mol. The minimum atomic E-state index is -1.37. The van der Waals surface area contributed by atoms with Crippen LogP contribution in [0.5, 0.6) is 0 Å². The van der Waals surface area contributed by atoms with Gasteiger partial charge in [0.05, 0.1) is 18.1 Å². The molecule has 8 heteroatoms. The molecule has 2 rings (SSSR count). The number of anilines is 2. The molecule has 0 bridgehead atoms. The Bertz CT molecular complexity index is 649. The van der Waals surface area contributed by atoms with Crippen LogP contribution < -0.4 is 5.32 Å². The first-order chi connectivity index (χ1) is 8.97. The maximum Gasteiger partial charge on any atom is 0.356 e. The lowest BCUT2D eigenvalue weighted by atomic mass is 10.3. The summed E-state index contributed by atoms with van der Waals surface area (Å²) in [4.78, 5) is 17.8. The maximum absolute atomic E-state index is 13.4. The van der Waals surface area contributed by atoms with Gasteiger partial charge in [0, 0.05) is 12.1 Å². The van der Waals surface area contributed by atoms with Crippen LogP contribution in [0.25, 0.3) is 0 Å². The van der Waals surface area contributed by atoms with E-state index in [-0.39, 0.29) is 11.5 Å². The Labute approximate surface area is 104 Å². The van der Waals surface area contributed by atoms with Crippen LogP contribution in [0.1, 0.15) is 10.5 Å². The molecular weight excluding hydrogens is 263 g/mol. The van der Waals surface area contributed by atoms with Crippen molar-refractivity contribution in [2.24, 2.45) is 0 Å². The van der Waals surface area contributed by atoms with Crippen LogP contribution in [0.3, 0.4) is 0 Å². The minimum absolute atomic E-state index is 0.149. The van der Waals surface area contributed by atoms with Gasteiger partial charge >= 0.3 is 5.97 Å². The number of nitrogens with one attached hydrogen (secondary N) is 1. The summed E-state index contributed by atoms with van der Waals surface area (Å²) in [5, 5.41) is 11.0. The quantitative estimate of drug-likeness (QED) is 0.836. The largest absolute Gasteiger partial charge is 0.476 e. The van der Waals surface area contributed by atoms with Crippen LogP contribution >= 0.6 is 0 Å². The Morgan fingerprint density at radius 3 is 2.63 bits per heavy atom. The number of nitrogens with zero attached hydrogens (tertiary/aromatic N) is 2. The predicted molar refractivity (Wildman–Crippen MR) is 58.6 cm³/mol. The number of halogens is 3. The molecule has 2 aromatic rings. The van der Waals surface area contributed by atoms with Gasteiger partial charge in [0.1, 0.15) is 11.6 Å². The number of hydrogen-bond donors (Lipinski definition) is 2. The second-order valence-corrected chi connectivity index (χ2v) is 3.47. The molecule has 0 saturated carbocycles. The van der Waals surface area contributed by atoms with Crippen molar-refractivity contribution in [2.45, 2.75) is 0 Å². The minimum Gasteiger partial charge on any atom is -0.476 e. The maximum atomic E-state index is 13.4. The van der Waals surface area contributed by atoms with Gasteiger partial charge in [-0.1, -0.05) is 0 Å². The number of aromatic carboxylic acids is 1. The van der Waals surface area contributed by atoms with Crippen LogP contribution in [0.15, 0.2) is 24.5 Å². The van der Waals surface area contributed by atoms with E-state index in [2.05, 4.69) is 15.3 Å². The third-order valence-corrected chi connectivity index (χ3v) is 2.11. The van der Waals surface area contributed by atoms with E-state index in [9.17, 15) is 18.0 Å². The second-order valence-electron chi connectivity index (χ2n) is 3.47. The van der Waals surface area contributed by atoms with Gasteiger partial charge < -0.3 is 10.4 Å². The number of carboxylic acid groups (broad SMARTS) is 1. The van der Waals surface area contributed by atoms with Crippen LogP contribution in [0.4, 0.5) is 24.7 Å². The Morgan fingerprint density at radius 2 is 1.95 bits per heavy atom. The van der Waals surface area contributed by atoms with Crippen LogP contribution in [-0.2, 0) is 0 Å². The molecule has 0 unspecified atom stereocenters. The number of benzene rings is 1. The normalized spacial score (nSPS) is 10.3. The first kappa shape index (κ1) is 12.8. The van der Waals surface area contributed by atoms with Gasteiger partial charge in [0.25, 0.3) is 0 Å². The van der Waals surface area contributed by atoms with Gasteiger partial charge in [-0.3, -0.25) is 4.98 Å². The highest BCUT2D eigenvalue weighted by molar-refractivity contribution is 5.85. The fraction of sp³-hybridized carbons (Fsp3) is 0. The van der Waals surface area contributed by atoms with Gasteiger partial charge in [-0.2, -0.15) is 0 Å². The first-order valence-corrected chi connectivity index (χ1v) is 4.94. The zero-order chi connectivity index (χ0) is 14.0. The van der Waals surface area contributed by atoms with Gasteiger partial charge in [-0.05, 0) is 0 Å². The number of hydrogen-bond acceptors (Lipinski definition) is 4. The molecule has 0 amide bonds. The van der Waals surface area contributed by atoms with Gasteiger partial charge in [-0.15, -0.1) is 0 Å². The van der Waals surface area contributed by atoms with Crippen molar-refractivity contribution in [1.82, 2.24) is 9.97 Å². The number of rotatable bonds is 3. The van der Waals surface area contributed by atoms with Crippen LogP contribution in [0.2, 0.25) is 0 Å². The summed E-state index contributed by atoms with van der Waals surface area (Å²) in [5.41, 5.74) is -0.892. The topological polar surface area (TPSA) is 75.1 Å². The molecule has 0 spiro atoms. The molecule has 1 aromatic heterocycles. The lowest BCUT2D eigenvalue weighted by Crippen LogP contribution is -2.05. The number of aromatic nitrogens is 2. The smallest absolute Gasteiger partial charge is 0.356 e. The Hall–Kier alpha value is -2.64. The van der Waals surface area contributed by atoms with Crippen LogP contribution in [-0.4, -0.2) is 21.0 Å². The summed E-state index contributed by atoms with van der Waals surface area (Å²) < 4.78 is 39.3. The lowest BCUT2D eigenvalue weighted by molar-refractivity contribution is 0.0690. The summed E-state index contributed by atoms with van der Waals surface area (Å²) in [6.07, 6.45) is 2.07. The van der Waals surface area contributed by atoms with E-state index in [1.165, 1.54) is 0 Å². The molecule has 98 valence electrons. The van der Waals surface area contributed by atoms with Crippen molar-refractivity contribution in [3.8, 4) is 0 Å². The van der Waals surface area contributed by atoms with Gasteiger partial charge in [0.15, 0.2) is 17.3 Å². The fourth-order valence-electron chi connectivity index (χ4n) is 1.31. The van der Waals surface area contributed by atoms with E-state index in [1.807, 2.05) is 0 Å². The molecule has 1 heterocycles. The van der Waals surface area contributed by atoms with Crippen LogP contribution in [0, 0.1) is 17.5 Å². The molecule has 0 atom stereocenters. The van der Waals surface area contributed by atoms with Crippen molar-refractivity contribution in [3.05, 3.63) is 47.7 Å². The second kappa shape index (κ2) is 4.92. The molecule has 0 aliphatic rings. The number of carbonyl (C=O) groups is 1. The average Bonchev–Trinajstić information content (AvgIpc) is 2.35. The van der Waals surface area contributed by atoms with E-state index in [4.69, 9.17) is 5.11 Å². The zero-order valence-corrected chi connectivity index (χ0v) is 9.19. The molecular formula is C11H6F3N3O2. The SMILES string of the molecule is O=C(O)c1cncc(Nc2cc(F)cc(F)c2F)n1. The Balaban J connectivity index is 2.36. The highest BCUT2D eigenvalue weighted by Crippen LogP contribution is 2.22. The Kier molecular flexibility index (Phi) is 3.32. The third kappa shape index (κ3) is 2.79. The van der Waals surface area contributed by atoms with Crippen molar-refractivity contribution in [3.63, 3.8) is 0 Å². The van der Waals surface area contributed by atoms with Crippen molar-refractivity contribution in [2.75, 3.05) is 5.32 Å². The molecule has 19 heavy (non-hydrogen) atoms. The standard InChI is InChI=1S/C11H6F3N3O2/c12-5-1-6(13)10(14)7(2-5)16-9-4-15-3-8(17-9)11(18)19/h1-4H,(H,16,17)(H,18,19). The summed E-state index contributed by atoms with van der Waals surface area (Å²) in [7, 11) is 0. The zero-order valence-electron chi connectivity index (χ0n) is 9.19. The highest BCUT2D eigenvalue weighted by Gasteiger charge is 2.13. The summed E-state index contributed by atoms with van der Waals surface area (Å²) in [6.45, 7) is 0. The third-order valence-electron chi connectivity index (χ3n) is 2.11. The molecule has 0 fully saturated rings. The number of carboxylic acids is 1. The fourth-order valence-corrected chi connectivity index (χ4v) is 1.31. The Morgan fingerprint density at radius 1 is 1.21 bits per heavy atom. The summed E-state index contributed by atoms with van der Waals surface area (Å²) >= 11 is 0. The monoisotopic (exact) mass is 269 g/mol. The summed E-state index contributed by atoms with van der Waals surface area (Å²) in [5.74, 6) is -5.14. The van der Waals surface area contributed by atoms with E-state index in [0.29, 0.717) is 12.1 Å². The van der Waals surface area contributed by atoms with Crippen molar-refractivity contribution < 1.29 is 23.1 Å². The van der Waals surface area contributed by atoms with Crippen molar-refractivity contribution in [1.29, 1.82) is 0 Å². The molecule has 5 nitrogen and oxygen atoms in total.